The van der Waals surface area contributed by atoms with Crippen LogP contribution in [0.3, 0.4) is 0 Å². The molecule has 1 fully saturated rings. The summed E-state index contributed by atoms with van der Waals surface area (Å²) in [6.45, 7) is 9.09. The number of halogens is 2. The monoisotopic (exact) mass is 390 g/mol. The van der Waals surface area contributed by atoms with E-state index in [4.69, 9.17) is 4.74 Å². The van der Waals surface area contributed by atoms with Crippen LogP contribution in [0.1, 0.15) is 12.5 Å². The summed E-state index contributed by atoms with van der Waals surface area (Å²) < 4.78 is 7.97. The molecule has 1 atom stereocenters. The molecule has 1 aromatic carbocycles. The molecule has 1 heterocycles. The van der Waals surface area contributed by atoms with Crippen molar-refractivity contribution in [2.45, 2.75) is 20.0 Å². The van der Waals surface area contributed by atoms with Crippen molar-refractivity contribution in [2.75, 3.05) is 38.1 Å². The minimum absolute atomic E-state index is 0.258. The van der Waals surface area contributed by atoms with E-state index in [0.29, 0.717) is 0 Å². The first-order chi connectivity index (χ1) is 9.10. The van der Waals surface area contributed by atoms with E-state index >= 15 is 0 Å². The molecule has 0 bridgehead atoms. The predicted molar refractivity (Wildman–Crippen MR) is 86.9 cm³/mol. The zero-order chi connectivity index (χ0) is 13.8. The van der Waals surface area contributed by atoms with Gasteiger partial charge < -0.3 is 10.1 Å². The molecule has 0 aromatic heterocycles. The fourth-order valence-electron chi connectivity index (χ4n) is 2.28. The third kappa shape index (κ3) is 4.18. The fourth-order valence-corrected chi connectivity index (χ4v) is 3.97. The maximum absolute atomic E-state index is 5.80. The van der Waals surface area contributed by atoms with E-state index in [2.05, 4.69) is 68.1 Å². The van der Waals surface area contributed by atoms with Crippen LogP contribution in [-0.4, -0.2) is 43.8 Å². The van der Waals surface area contributed by atoms with E-state index in [1.54, 1.807) is 0 Å². The Hall–Kier alpha value is -0.100. The Kier molecular flexibility index (Phi) is 5.69. The van der Waals surface area contributed by atoms with Crippen LogP contribution in [0.5, 0.6) is 0 Å². The molecule has 0 amide bonds. The van der Waals surface area contributed by atoms with Crippen molar-refractivity contribution in [3.8, 4) is 0 Å². The SMILES string of the molecule is CCN1CCOC(CNc2c(Br)cc(C)cc2Br)C1. The number of nitrogens with zero attached hydrogens (tertiary/aromatic N) is 1. The second-order valence-corrected chi connectivity index (χ2v) is 6.58. The van der Waals surface area contributed by atoms with Crippen molar-refractivity contribution in [1.82, 2.24) is 4.90 Å². The molecule has 3 nitrogen and oxygen atoms in total. The molecule has 0 aliphatic carbocycles. The molecule has 106 valence electrons. The Morgan fingerprint density at radius 3 is 2.68 bits per heavy atom. The van der Waals surface area contributed by atoms with Gasteiger partial charge in [0.25, 0.3) is 0 Å². The van der Waals surface area contributed by atoms with Gasteiger partial charge in [0, 0.05) is 28.6 Å². The summed E-state index contributed by atoms with van der Waals surface area (Å²) in [4.78, 5) is 2.43. The Morgan fingerprint density at radius 2 is 2.05 bits per heavy atom. The zero-order valence-electron chi connectivity index (χ0n) is 11.4. The molecular formula is C14H20Br2N2O. The van der Waals surface area contributed by atoms with Crippen molar-refractivity contribution >= 4 is 37.5 Å². The Labute approximate surface area is 132 Å². The Morgan fingerprint density at radius 1 is 1.37 bits per heavy atom. The molecule has 1 unspecified atom stereocenters. The van der Waals surface area contributed by atoms with Crippen LogP contribution < -0.4 is 5.32 Å². The number of aryl methyl sites for hydroxylation is 1. The fraction of sp³-hybridized carbons (Fsp3) is 0.571. The van der Waals surface area contributed by atoms with Crippen molar-refractivity contribution in [2.24, 2.45) is 0 Å². The summed E-state index contributed by atoms with van der Waals surface area (Å²) in [6.07, 6.45) is 0.258. The summed E-state index contributed by atoms with van der Waals surface area (Å²) in [7, 11) is 0. The first-order valence-electron chi connectivity index (χ1n) is 6.63. The van der Waals surface area contributed by atoms with Crippen LogP contribution in [0.15, 0.2) is 21.1 Å². The largest absolute Gasteiger partial charge is 0.381 e. The molecule has 0 spiro atoms. The Balaban J connectivity index is 1.95. The maximum atomic E-state index is 5.80. The van der Waals surface area contributed by atoms with Crippen molar-refractivity contribution in [3.05, 3.63) is 26.6 Å². The van der Waals surface area contributed by atoms with Gasteiger partial charge in [0.05, 0.1) is 18.4 Å². The van der Waals surface area contributed by atoms with E-state index < -0.39 is 0 Å². The van der Waals surface area contributed by atoms with Gasteiger partial charge in [-0.15, -0.1) is 0 Å². The van der Waals surface area contributed by atoms with E-state index in [9.17, 15) is 0 Å². The molecule has 1 saturated heterocycles. The average molecular weight is 392 g/mol. The second-order valence-electron chi connectivity index (χ2n) is 4.87. The summed E-state index contributed by atoms with van der Waals surface area (Å²) >= 11 is 7.21. The summed E-state index contributed by atoms with van der Waals surface area (Å²) in [6, 6.07) is 4.24. The summed E-state index contributed by atoms with van der Waals surface area (Å²) in [5.41, 5.74) is 2.33. The van der Waals surface area contributed by atoms with E-state index in [-0.39, 0.29) is 6.10 Å². The van der Waals surface area contributed by atoms with Crippen LogP contribution in [0, 0.1) is 6.92 Å². The van der Waals surface area contributed by atoms with Crippen LogP contribution in [0.25, 0.3) is 0 Å². The standard InChI is InChI=1S/C14H20Br2N2O/c1-3-18-4-5-19-11(9-18)8-17-14-12(15)6-10(2)7-13(14)16/h6-7,11,17H,3-5,8-9H2,1-2H3. The predicted octanol–water partition coefficient (Wildman–Crippen LogP) is 3.65. The van der Waals surface area contributed by atoms with Crippen molar-refractivity contribution in [3.63, 3.8) is 0 Å². The van der Waals surface area contributed by atoms with Gasteiger partial charge in [-0.05, 0) is 63.0 Å². The lowest BCUT2D eigenvalue weighted by Gasteiger charge is -2.32. The maximum Gasteiger partial charge on any atom is 0.0874 e. The Bertz CT molecular complexity index is 416. The lowest BCUT2D eigenvalue weighted by atomic mass is 10.2. The molecule has 1 aliphatic heterocycles. The first kappa shape index (κ1) is 15.3. The highest BCUT2D eigenvalue weighted by atomic mass is 79.9. The number of nitrogens with one attached hydrogen (secondary N) is 1. The highest BCUT2D eigenvalue weighted by molar-refractivity contribution is 9.11. The topological polar surface area (TPSA) is 24.5 Å². The quantitative estimate of drug-likeness (QED) is 0.847. The van der Waals surface area contributed by atoms with Crippen molar-refractivity contribution < 1.29 is 4.74 Å². The van der Waals surface area contributed by atoms with Crippen LogP contribution in [0.2, 0.25) is 0 Å². The first-order valence-corrected chi connectivity index (χ1v) is 8.22. The average Bonchev–Trinajstić information content (AvgIpc) is 2.37. The molecule has 1 aromatic rings. The van der Waals surface area contributed by atoms with E-state index in [1.165, 1.54) is 5.56 Å². The van der Waals surface area contributed by atoms with E-state index in [0.717, 1.165) is 47.4 Å². The molecule has 5 heteroatoms. The van der Waals surface area contributed by atoms with Crippen LogP contribution in [-0.2, 0) is 4.74 Å². The summed E-state index contributed by atoms with van der Waals surface area (Å²) in [5, 5.41) is 3.48. The normalized spacial score (nSPS) is 20.5. The number of benzene rings is 1. The molecule has 1 aliphatic rings. The molecule has 19 heavy (non-hydrogen) atoms. The second kappa shape index (κ2) is 7.07. The van der Waals surface area contributed by atoms with Crippen LogP contribution in [0.4, 0.5) is 5.69 Å². The third-order valence-electron chi connectivity index (χ3n) is 3.36. The number of morpholine rings is 1. The molecular weight excluding hydrogens is 372 g/mol. The number of ether oxygens (including phenoxy) is 1. The smallest absolute Gasteiger partial charge is 0.0874 e. The van der Waals surface area contributed by atoms with E-state index in [1.807, 2.05) is 0 Å². The number of hydrogen-bond acceptors (Lipinski definition) is 3. The number of hydrogen-bond donors (Lipinski definition) is 1. The highest BCUT2D eigenvalue weighted by Crippen LogP contribution is 2.32. The third-order valence-corrected chi connectivity index (χ3v) is 4.61. The van der Waals surface area contributed by atoms with Gasteiger partial charge in [-0.1, -0.05) is 6.92 Å². The van der Waals surface area contributed by atoms with Gasteiger partial charge in [0.1, 0.15) is 0 Å². The van der Waals surface area contributed by atoms with Gasteiger partial charge in [-0.3, -0.25) is 4.90 Å². The van der Waals surface area contributed by atoms with Gasteiger partial charge in [0.15, 0.2) is 0 Å². The van der Waals surface area contributed by atoms with Gasteiger partial charge >= 0.3 is 0 Å². The minimum atomic E-state index is 0.258. The molecule has 0 saturated carbocycles. The number of rotatable bonds is 4. The van der Waals surface area contributed by atoms with Gasteiger partial charge in [0.2, 0.25) is 0 Å². The number of anilines is 1. The lowest BCUT2D eigenvalue weighted by Crippen LogP contribution is -2.45. The lowest BCUT2D eigenvalue weighted by molar-refractivity contribution is -0.0191. The minimum Gasteiger partial charge on any atom is -0.381 e. The molecule has 0 radical (unpaired) electrons. The number of likely N-dealkylation sites (N-methyl/N-ethyl adjacent to an activating group) is 1. The molecule has 1 N–H and O–H groups in total. The highest BCUT2D eigenvalue weighted by Gasteiger charge is 2.19. The van der Waals surface area contributed by atoms with Gasteiger partial charge in [-0.25, -0.2) is 0 Å². The van der Waals surface area contributed by atoms with Gasteiger partial charge in [-0.2, -0.15) is 0 Å². The van der Waals surface area contributed by atoms with Crippen molar-refractivity contribution in [1.29, 1.82) is 0 Å². The zero-order valence-corrected chi connectivity index (χ0v) is 14.6. The molecule has 2 rings (SSSR count). The van der Waals surface area contributed by atoms with Crippen LogP contribution >= 0.6 is 31.9 Å². The summed E-state index contributed by atoms with van der Waals surface area (Å²) in [5.74, 6) is 0.